The summed E-state index contributed by atoms with van der Waals surface area (Å²) in [5.74, 6) is -0.590. The third kappa shape index (κ3) is 7.74. The van der Waals surface area contributed by atoms with E-state index >= 15 is 0 Å². The number of ketones is 1. The van der Waals surface area contributed by atoms with Crippen LogP contribution in [0.15, 0.2) is 17.5 Å². The monoisotopic (exact) mass is 436 g/mol. The average Bonchev–Trinajstić information content (AvgIpc) is 3.23. The van der Waals surface area contributed by atoms with Crippen molar-refractivity contribution >= 4 is 29.1 Å². The molecule has 168 valence electrons. The minimum Gasteiger partial charge on any atom is -0.446 e. The van der Waals surface area contributed by atoms with Crippen LogP contribution < -0.4 is 10.6 Å². The summed E-state index contributed by atoms with van der Waals surface area (Å²) in [5, 5.41) is 7.32. The molecule has 1 aliphatic carbocycles. The van der Waals surface area contributed by atoms with Gasteiger partial charge < -0.3 is 15.4 Å². The fraction of sp³-hybridized carbons (Fsp3) is 0.696. The number of Topliss-reactive ketones (excluding diaryl/α,β-unsaturated/α-hetero) is 1. The predicted octanol–water partition coefficient (Wildman–Crippen LogP) is 4.68. The molecule has 1 heterocycles. The Morgan fingerprint density at radius 1 is 1.10 bits per heavy atom. The van der Waals surface area contributed by atoms with E-state index in [2.05, 4.69) is 10.6 Å². The van der Waals surface area contributed by atoms with Crippen LogP contribution in [0.4, 0.5) is 4.79 Å². The molecule has 6 nitrogen and oxygen atoms in total. The van der Waals surface area contributed by atoms with Gasteiger partial charge in [0.15, 0.2) is 0 Å². The highest BCUT2D eigenvalue weighted by Gasteiger charge is 2.32. The minimum atomic E-state index is -0.857. The minimum absolute atomic E-state index is 0.164. The van der Waals surface area contributed by atoms with E-state index in [0.717, 1.165) is 30.6 Å². The van der Waals surface area contributed by atoms with Crippen molar-refractivity contribution in [3.05, 3.63) is 22.4 Å². The maximum absolute atomic E-state index is 12.9. The summed E-state index contributed by atoms with van der Waals surface area (Å²) < 4.78 is 5.61. The lowest BCUT2D eigenvalue weighted by atomic mass is 9.84. The smallest absolute Gasteiger partial charge is 0.408 e. The van der Waals surface area contributed by atoms with Gasteiger partial charge in [-0.1, -0.05) is 65.9 Å². The number of carbonyl (C=O) groups is 3. The van der Waals surface area contributed by atoms with Crippen LogP contribution in [0.2, 0.25) is 0 Å². The second-order valence-electron chi connectivity index (χ2n) is 8.92. The molecule has 1 atom stereocenters. The zero-order valence-electron chi connectivity index (χ0n) is 18.6. The Kier molecular flexibility index (Phi) is 9.82. The Balaban J connectivity index is 2.01. The maximum Gasteiger partial charge on any atom is 0.408 e. The SMILES string of the molecule is CC(C)C(OC(=O)N[C@@H](CC1CCCCC1)C(=O)C(=O)NCc1cccs1)C(C)C. The number of hydrogen-bond acceptors (Lipinski definition) is 5. The van der Waals surface area contributed by atoms with Crippen LogP contribution in [-0.4, -0.2) is 29.9 Å². The molecular weight excluding hydrogens is 400 g/mol. The topological polar surface area (TPSA) is 84.5 Å². The van der Waals surface area contributed by atoms with Crippen molar-refractivity contribution in [3.8, 4) is 0 Å². The van der Waals surface area contributed by atoms with Gasteiger partial charge in [0, 0.05) is 4.88 Å². The van der Waals surface area contributed by atoms with Gasteiger partial charge in [0.2, 0.25) is 5.78 Å². The van der Waals surface area contributed by atoms with Crippen molar-refractivity contribution in [3.63, 3.8) is 0 Å². The lowest BCUT2D eigenvalue weighted by Crippen LogP contribution is -2.49. The number of alkyl carbamates (subject to hydrolysis) is 1. The number of rotatable bonds is 10. The summed E-state index contributed by atoms with van der Waals surface area (Å²) in [7, 11) is 0. The number of hydrogen-bond donors (Lipinski definition) is 2. The van der Waals surface area contributed by atoms with Gasteiger partial charge in [-0.25, -0.2) is 4.79 Å². The molecule has 1 aromatic rings. The Bertz CT molecular complexity index is 673. The van der Waals surface area contributed by atoms with Crippen LogP contribution in [0.5, 0.6) is 0 Å². The van der Waals surface area contributed by atoms with Crippen LogP contribution in [0, 0.1) is 17.8 Å². The van der Waals surface area contributed by atoms with Gasteiger partial charge in [0.1, 0.15) is 12.1 Å². The Hall–Kier alpha value is -1.89. The first-order valence-corrected chi connectivity index (χ1v) is 12.0. The molecule has 1 saturated carbocycles. The lowest BCUT2D eigenvalue weighted by molar-refractivity contribution is -0.139. The van der Waals surface area contributed by atoms with Gasteiger partial charge >= 0.3 is 6.09 Å². The van der Waals surface area contributed by atoms with Crippen molar-refractivity contribution in [1.29, 1.82) is 0 Å². The molecule has 0 unspecified atom stereocenters. The van der Waals surface area contributed by atoms with Gasteiger partial charge in [-0.15, -0.1) is 11.3 Å². The van der Waals surface area contributed by atoms with Gasteiger partial charge in [0.25, 0.3) is 5.91 Å². The molecule has 0 spiro atoms. The Morgan fingerprint density at radius 2 is 1.77 bits per heavy atom. The van der Waals surface area contributed by atoms with Crippen molar-refractivity contribution in [1.82, 2.24) is 10.6 Å². The zero-order valence-corrected chi connectivity index (χ0v) is 19.4. The summed E-state index contributed by atoms with van der Waals surface area (Å²) in [6.45, 7) is 8.31. The molecule has 1 aliphatic rings. The molecule has 30 heavy (non-hydrogen) atoms. The number of nitrogens with one attached hydrogen (secondary N) is 2. The molecular formula is C23H36N2O4S. The fourth-order valence-electron chi connectivity index (χ4n) is 4.16. The number of thiophene rings is 1. The average molecular weight is 437 g/mol. The van der Waals surface area contributed by atoms with Crippen LogP contribution in [-0.2, 0) is 20.9 Å². The number of carbonyl (C=O) groups excluding carboxylic acids is 3. The van der Waals surface area contributed by atoms with E-state index in [-0.39, 0.29) is 17.9 Å². The van der Waals surface area contributed by atoms with Crippen molar-refractivity contribution in [2.24, 2.45) is 17.8 Å². The molecule has 0 saturated heterocycles. The van der Waals surface area contributed by atoms with Gasteiger partial charge in [-0.3, -0.25) is 9.59 Å². The van der Waals surface area contributed by atoms with Crippen LogP contribution >= 0.6 is 11.3 Å². The molecule has 2 rings (SSSR count). The third-order valence-corrected chi connectivity index (χ3v) is 6.56. The summed E-state index contributed by atoms with van der Waals surface area (Å²) in [5.41, 5.74) is 0. The highest BCUT2D eigenvalue weighted by Crippen LogP contribution is 2.27. The standard InChI is InChI=1S/C23H36N2O4S/c1-15(2)21(16(3)4)29-23(28)25-19(13-17-9-6-5-7-10-17)20(26)22(27)24-14-18-11-8-12-30-18/h8,11-12,15-17,19,21H,5-7,9-10,13-14H2,1-4H3,(H,24,27)(H,25,28)/t19-/m0/s1. The largest absolute Gasteiger partial charge is 0.446 e. The molecule has 0 bridgehead atoms. The zero-order chi connectivity index (χ0) is 22.1. The van der Waals surface area contributed by atoms with Crippen molar-refractivity contribution < 1.29 is 19.1 Å². The van der Waals surface area contributed by atoms with Crippen LogP contribution in [0.25, 0.3) is 0 Å². The van der Waals surface area contributed by atoms with Crippen LogP contribution in [0.3, 0.4) is 0 Å². The van der Waals surface area contributed by atoms with E-state index in [1.165, 1.54) is 17.8 Å². The van der Waals surface area contributed by atoms with Crippen molar-refractivity contribution in [2.75, 3.05) is 0 Å². The highest BCUT2D eigenvalue weighted by molar-refractivity contribution is 7.09. The molecule has 1 aromatic heterocycles. The summed E-state index contributed by atoms with van der Waals surface area (Å²) >= 11 is 1.52. The first-order chi connectivity index (χ1) is 14.3. The van der Waals surface area contributed by atoms with Gasteiger partial charge in [0.05, 0.1) is 6.54 Å². The van der Waals surface area contributed by atoms with E-state index < -0.39 is 23.8 Å². The molecule has 2 N–H and O–H groups in total. The summed E-state index contributed by atoms with van der Waals surface area (Å²) in [4.78, 5) is 38.9. The van der Waals surface area contributed by atoms with E-state index in [1.54, 1.807) is 0 Å². The number of ether oxygens (including phenoxy) is 1. The molecule has 0 aliphatic heterocycles. The highest BCUT2D eigenvalue weighted by atomic mass is 32.1. The quantitative estimate of drug-likeness (QED) is 0.522. The van der Waals surface area contributed by atoms with Crippen molar-refractivity contribution in [2.45, 2.75) is 84.9 Å². The first kappa shape index (κ1) is 24.4. The van der Waals surface area contributed by atoms with E-state index in [0.29, 0.717) is 18.9 Å². The second kappa shape index (κ2) is 12.1. The third-order valence-electron chi connectivity index (χ3n) is 5.69. The molecule has 1 fully saturated rings. The molecule has 7 heteroatoms. The van der Waals surface area contributed by atoms with Gasteiger partial charge in [-0.2, -0.15) is 0 Å². The normalized spacial score (nSPS) is 16.0. The predicted molar refractivity (Wildman–Crippen MR) is 119 cm³/mol. The lowest BCUT2D eigenvalue weighted by Gasteiger charge is -2.28. The van der Waals surface area contributed by atoms with E-state index in [4.69, 9.17) is 4.74 Å². The maximum atomic E-state index is 12.9. The number of amides is 2. The molecule has 0 aromatic carbocycles. The Morgan fingerprint density at radius 3 is 2.33 bits per heavy atom. The fourth-order valence-corrected chi connectivity index (χ4v) is 4.80. The summed E-state index contributed by atoms with van der Waals surface area (Å²) in [6.07, 6.45) is 5.12. The molecule has 2 amide bonds. The molecule has 0 radical (unpaired) electrons. The van der Waals surface area contributed by atoms with Gasteiger partial charge in [-0.05, 0) is 35.6 Å². The van der Waals surface area contributed by atoms with E-state index in [9.17, 15) is 14.4 Å². The van der Waals surface area contributed by atoms with E-state index in [1.807, 2.05) is 45.2 Å². The second-order valence-corrected chi connectivity index (χ2v) is 9.95. The first-order valence-electron chi connectivity index (χ1n) is 11.1. The summed E-state index contributed by atoms with van der Waals surface area (Å²) in [6, 6.07) is 2.95. The Labute approximate surface area is 184 Å². The van der Waals surface area contributed by atoms with Crippen LogP contribution in [0.1, 0.15) is 71.1 Å².